The number of hydrogen-bond donors (Lipinski definition) is 2. The van der Waals surface area contributed by atoms with Crippen molar-refractivity contribution in [2.24, 2.45) is 5.92 Å². The molecule has 0 saturated carbocycles. The molecule has 1 atom stereocenters. The smallest absolute Gasteiger partial charge is 0.253 e. The van der Waals surface area contributed by atoms with Crippen LogP contribution in [-0.2, 0) is 10.2 Å². The normalized spacial score (nSPS) is 21.7. The third-order valence-corrected chi connectivity index (χ3v) is 5.56. The van der Waals surface area contributed by atoms with Crippen molar-refractivity contribution in [2.45, 2.75) is 51.5 Å². The van der Waals surface area contributed by atoms with Gasteiger partial charge < -0.3 is 15.5 Å². The summed E-state index contributed by atoms with van der Waals surface area (Å²) in [6, 6.07) is 8.21. The lowest BCUT2D eigenvalue weighted by Crippen LogP contribution is -2.45. The summed E-state index contributed by atoms with van der Waals surface area (Å²) in [5.41, 5.74) is 2.05. The van der Waals surface area contributed by atoms with Crippen LogP contribution < -0.4 is 10.6 Å². The van der Waals surface area contributed by atoms with E-state index >= 15 is 0 Å². The van der Waals surface area contributed by atoms with Crippen molar-refractivity contribution in [1.29, 1.82) is 0 Å². The van der Waals surface area contributed by atoms with Crippen molar-refractivity contribution in [3.63, 3.8) is 0 Å². The van der Waals surface area contributed by atoms with E-state index in [1.165, 1.54) is 5.56 Å². The predicted octanol–water partition coefficient (Wildman–Crippen LogP) is 2.31. The Morgan fingerprint density at radius 3 is 2.27 bits per heavy atom. The second kappa shape index (κ2) is 7.78. The zero-order chi connectivity index (χ0) is 18.7. The molecule has 26 heavy (non-hydrogen) atoms. The molecule has 0 aromatic heterocycles. The van der Waals surface area contributed by atoms with E-state index in [1.54, 1.807) is 0 Å². The van der Waals surface area contributed by atoms with E-state index in [1.807, 2.05) is 29.2 Å². The fourth-order valence-electron chi connectivity index (χ4n) is 3.74. The minimum absolute atomic E-state index is 0.0305. The molecule has 1 aromatic rings. The lowest BCUT2D eigenvalue weighted by atomic mass is 9.86. The first-order valence-electron chi connectivity index (χ1n) is 9.75. The second-order valence-corrected chi connectivity index (χ2v) is 8.59. The molecule has 3 rings (SSSR count). The van der Waals surface area contributed by atoms with Crippen molar-refractivity contribution in [3.8, 4) is 0 Å². The van der Waals surface area contributed by atoms with Crippen LogP contribution in [0.5, 0.6) is 0 Å². The molecular weight excluding hydrogens is 326 g/mol. The molecule has 5 nitrogen and oxygen atoms in total. The highest BCUT2D eigenvalue weighted by molar-refractivity contribution is 5.94. The highest BCUT2D eigenvalue weighted by Gasteiger charge is 2.29. The van der Waals surface area contributed by atoms with Crippen molar-refractivity contribution in [2.75, 3.05) is 26.2 Å². The lowest BCUT2D eigenvalue weighted by molar-refractivity contribution is -0.126. The summed E-state index contributed by atoms with van der Waals surface area (Å²) in [4.78, 5) is 27.0. The number of rotatable bonds is 3. The van der Waals surface area contributed by atoms with Crippen molar-refractivity contribution in [3.05, 3.63) is 35.4 Å². The van der Waals surface area contributed by atoms with Gasteiger partial charge in [-0.1, -0.05) is 32.9 Å². The molecule has 2 aliphatic rings. The highest BCUT2D eigenvalue weighted by Crippen LogP contribution is 2.24. The SMILES string of the molecule is CC(C)(C)c1ccc(C(=O)N2CCC(C(=O)NC3CCNC3)CC2)cc1. The number of carbonyl (C=O) groups excluding carboxylic acids is 2. The van der Waals surface area contributed by atoms with Crippen LogP contribution in [0.1, 0.15) is 56.0 Å². The molecule has 2 amide bonds. The number of nitrogens with zero attached hydrogens (tertiary/aromatic N) is 1. The van der Waals surface area contributed by atoms with Gasteiger partial charge in [-0.2, -0.15) is 0 Å². The van der Waals surface area contributed by atoms with E-state index in [2.05, 4.69) is 31.4 Å². The van der Waals surface area contributed by atoms with Crippen LogP contribution in [0, 0.1) is 5.92 Å². The Morgan fingerprint density at radius 1 is 1.08 bits per heavy atom. The molecule has 5 heteroatoms. The Bertz CT molecular complexity index is 634. The van der Waals surface area contributed by atoms with Gasteiger partial charge in [0.05, 0.1) is 0 Å². The van der Waals surface area contributed by atoms with Crippen LogP contribution in [0.2, 0.25) is 0 Å². The van der Waals surface area contributed by atoms with Crippen molar-refractivity contribution < 1.29 is 9.59 Å². The molecule has 2 saturated heterocycles. The summed E-state index contributed by atoms with van der Waals surface area (Å²) in [7, 11) is 0. The van der Waals surface area contributed by atoms with Gasteiger partial charge in [0.25, 0.3) is 5.91 Å². The molecule has 1 unspecified atom stereocenters. The number of benzene rings is 1. The third kappa shape index (κ3) is 4.44. The molecule has 0 aliphatic carbocycles. The minimum Gasteiger partial charge on any atom is -0.352 e. The predicted molar refractivity (Wildman–Crippen MR) is 103 cm³/mol. The van der Waals surface area contributed by atoms with E-state index in [0.717, 1.165) is 37.9 Å². The summed E-state index contributed by atoms with van der Waals surface area (Å²) >= 11 is 0. The molecule has 2 fully saturated rings. The van der Waals surface area contributed by atoms with Crippen LogP contribution in [0.25, 0.3) is 0 Å². The molecule has 2 aliphatic heterocycles. The number of piperidine rings is 1. The summed E-state index contributed by atoms with van der Waals surface area (Å²) in [5, 5.41) is 6.41. The standard InChI is InChI=1S/C21H31N3O2/c1-21(2,3)17-6-4-16(5-7-17)20(26)24-12-9-15(10-13-24)19(25)23-18-8-11-22-14-18/h4-7,15,18,22H,8-14H2,1-3H3,(H,23,25). The topological polar surface area (TPSA) is 61.4 Å². The van der Waals surface area contributed by atoms with Gasteiger partial charge in [-0.3, -0.25) is 9.59 Å². The fraction of sp³-hybridized carbons (Fsp3) is 0.619. The highest BCUT2D eigenvalue weighted by atomic mass is 16.2. The van der Waals surface area contributed by atoms with Gasteiger partial charge in [0.2, 0.25) is 5.91 Å². The molecular formula is C21H31N3O2. The number of nitrogens with one attached hydrogen (secondary N) is 2. The summed E-state index contributed by atoms with van der Waals surface area (Å²) in [6.45, 7) is 9.66. The molecule has 2 heterocycles. The van der Waals surface area contributed by atoms with Crippen LogP contribution in [0.15, 0.2) is 24.3 Å². The first-order chi connectivity index (χ1) is 12.3. The van der Waals surface area contributed by atoms with Gasteiger partial charge in [-0.15, -0.1) is 0 Å². The maximum Gasteiger partial charge on any atom is 0.253 e. The fourth-order valence-corrected chi connectivity index (χ4v) is 3.74. The maximum absolute atomic E-state index is 12.7. The van der Waals surface area contributed by atoms with Crippen LogP contribution in [0.3, 0.4) is 0 Å². The van der Waals surface area contributed by atoms with Gasteiger partial charge in [-0.25, -0.2) is 0 Å². The second-order valence-electron chi connectivity index (χ2n) is 8.59. The zero-order valence-corrected chi connectivity index (χ0v) is 16.2. The Morgan fingerprint density at radius 2 is 1.73 bits per heavy atom. The van der Waals surface area contributed by atoms with Crippen LogP contribution >= 0.6 is 0 Å². The third-order valence-electron chi connectivity index (χ3n) is 5.56. The lowest BCUT2D eigenvalue weighted by Gasteiger charge is -2.32. The Hall–Kier alpha value is -1.88. The van der Waals surface area contributed by atoms with Crippen molar-refractivity contribution >= 4 is 11.8 Å². The molecule has 142 valence electrons. The van der Waals surface area contributed by atoms with Gasteiger partial charge in [0.15, 0.2) is 0 Å². The summed E-state index contributed by atoms with van der Waals surface area (Å²) < 4.78 is 0. The summed E-state index contributed by atoms with van der Waals surface area (Å²) in [6.07, 6.45) is 2.50. The van der Waals surface area contributed by atoms with E-state index in [0.29, 0.717) is 13.1 Å². The largest absolute Gasteiger partial charge is 0.352 e. The first-order valence-corrected chi connectivity index (χ1v) is 9.75. The number of carbonyl (C=O) groups is 2. The van der Waals surface area contributed by atoms with E-state index in [-0.39, 0.29) is 29.2 Å². The Labute approximate surface area is 156 Å². The number of amides is 2. The van der Waals surface area contributed by atoms with E-state index in [4.69, 9.17) is 0 Å². The zero-order valence-electron chi connectivity index (χ0n) is 16.2. The Kier molecular flexibility index (Phi) is 5.66. The maximum atomic E-state index is 12.7. The van der Waals surface area contributed by atoms with Gasteiger partial charge in [0.1, 0.15) is 0 Å². The van der Waals surface area contributed by atoms with Crippen molar-refractivity contribution in [1.82, 2.24) is 15.5 Å². The van der Waals surface area contributed by atoms with Gasteiger partial charge in [0, 0.05) is 37.2 Å². The summed E-state index contributed by atoms with van der Waals surface area (Å²) in [5.74, 6) is 0.257. The van der Waals surface area contributed by atoms with Crippen LogP contribution in [0.4, 0.5) is 0 Å². The molecule has 1 aromatic carbocycles. The number of likely N-dealkylation sites (tertiary alicyclic amines) is 1. The van der Waals surface area contributed by atoms with E-state index in [9.17, 15) is 9.59 Å². The molecule has 0 spiro atoms. The van der Waals surface area contributed by atoms with E-state index < -0.39 is 0 Å². The Balaban J connectivity index is 1.52. The first kappa shape index (κ1) is 18.9. The molecule has 0 radical (unpaired) electrons. The number of hydrogen-bond acceptors (Lipinski definition) is 3. The monoisotopic (exact) mass is 357 g/mol. The van der Waals surface area contributed by atoms with Crippen LogP contribution in [-0.4, -0.2) is 48.9 Å². The molecule has 0 bridgehead atoms. The average Bonchev–Trinajstić information content (AvgIpc) is 3.13. The quantitative estimate of drug-likeness (QED) is 0.873. The minimum atomic E-state index is 0.0305. The van der Waals surface area contributed by atoms with Gasteiger partial charge >= 0.3 is 0 Å². The average molecular weight is 357 g/mol. The van der Waals surface area contributed by atoms with Gasteiger partial charge in [-0.05, 0) is 48.9 Å². The molecule has 2 N–H and O–H groups in total.